The quantitative estimate of drug-likeness (QED) is 0.744. The number of ether oxygens (including phenoxy) is 1. The number of alkyl halides is 1. The maximum absolute atomic E-state index is 13.8. The first kappa shape index (κ1) is 15.3. The van der Waals surface area contributed by atoms with Gasteiger partial charge < -0.3 is 4.74 Å². The van der Waals surface area contributed by atoms with E-state index in [0.29, 0.717) is 39.1 Å². The number of hydrogen-bond acceptors (Lipinski definition) is 6. The molecule has 0 aromatic carbocycles. The summed E-state index contributed by atoms with van der Waals surface area (Å²) in [4.78, 5) is 23.8. The van der Waals surface area contributed by atoms with Crippen LogP contribution < -0.4 is 0 Å². The lowest BCUT2D eigenvalue weighted by Gasteiger charge is -2.30. The molecule has 2 aliphatic heterocycles. The van der Waals surface area contributed by atoms with Gasteiger partial charge in [-0.15, -0.1) is 0 Å². The van der Waals surface area contributed by atoms with E-state index >= 15 is 0 Å². The number of rotatable bonds is 5. The highest BCUT2D eigenvalue weighted by Gasteiger charge is 2.36. The van der Waals surface area contributed by atoms with Crippen LogP contribution in [0.3, 0.4) is 0 Å². The van der Waals surface area contributed by atoms with Gasteiger partial charge in [-0.25, -0.2) is 14.4 Å². The lowest BCUT2D eigenvalue weighted by Crippen LogP contribution is -2.44. The summed E-state index contributed by atoms with van der Waals surface area (Å²) < 4.78 is 18.9. The van der Waals surface area contributed by atoms with E-state index in [1.807, 2.05) is 11.9 Å². The van der Waals surface area contributed by atoms with E-state index in [1.54, 1.807) is 12.4 Å². The molecule has 0 saturated carbocycles. The summed E-state index contributed by atoms with van der Waals surface area (Å²) in [7, 11) is 1.91. The summed E-state index contributed by atoms with van der Waals surface area (Å²) >= 11 is 0. The molecule has 2 saturated heterocycles. The van der Waals surface area contributed by atoms with Crippen LogP contribution in [0.5, 0.6) is 0 Å². The van der Waals surface area contributed by atoms with Gasteiger partial charge in [-0.1, -0.05) is 0 Å². The van der Waals surface area contributed by atoms with Crippen LogP contribution in [0.2, 0.25) is 0 Å². The molecule has 2 fully saturated rings. The zero-order valence-corrected chi connectivity index (χ0v) is 12.7. The summed E-state index contributed by atoms with van der Waals surface area (Å²) in [5.74, 6) is -0.166. The topological polar surface area (TPSA) is 58.6 Å². The van der Waals surface area contributed by atoms with Gasteiger partial charge in [0.2, 0.25) is 0 Å². The van der Waals surface area contributed by atoms with Crippen molar-refractivity contribution in [3.8, 4) is 0 Å². The van der Waals surface area contributed by atoms with Crippen molar-refractivity contribution in [3.63, 3.8) is 0 Å². The summed E-state index contributed by atoms with van der Waals surface area (Å²) in [5.41, 5.74) is 0.976. The van der Waals surface area contributed by atoms with Crippen molar-refractivity contribution < 1.29 is 13.9 Å². The fourth-order valence-corrected chi connectivity index (χ4v) is 3.30. The third-order valence-electron chi connectivity index (χ3n) is 4.42. The van der Waals surface area contributed by atoms with Crippen molar-refractivity contribution >= 4 is 5.97 Å². The Morgan fingerprint density at radius 2 is 2.23 bits per heavy atom. The molecule has 22 heavy (non-hydrogen) atoms. The van der Waals surface area contributed by atoms with E-state index in [-0.39, 0.29) is 18.1 Å². The minimum Gasteiger partial charge on any atom is -0.464 e. The largest absolute Gasteiger partial charge is 0.464 e. The van der Waals surface area contributed by atoms with Crippen molar-refractivity contribution in [2.24, 2.45) is 0 Å². The minimum absolute atomic E-state index is 0.0913. The molecule has 0 spiro atoms. The zero-order chi connectivity index (χ0) is 15.5. The lowest BCUT2D eigenvalue weighted by atomic mass is 10.1. The van der Waals surface area contributed by atoms with Gasteiger partial charge in [-0.2, -0.15) is 0 Å². The number of halogens is 1. The molecule has 0 unspecified atom stereocenters. The molecule has 6 nitrogen and oxygen atoms in total. The summed E-state index contributed by atoms with van der Waals surface area (Å²) in [6.45, 7) is 2.20. The van der Waals surface area contributed by atoms with Gasteiger partial charge in [0.1, 0.15) is 18.5 Å². The van der Waals surface area contributed by atoms with Gasteiger partial charge in [0, 0.05) is 50.1 Å². The third kappa shape index (κ3) is 3.41. The number of carbonyl (C=O) groups excluding carboxylic acids is 1. The van der Waals surface area contributed by atoms with Crippen LogP contribution in [0.4, 0.5) is 4.39 Å². The van der Waals surface area contributed by atoms with Crippen molar-refractivity contribution in [2.75, 3.05) is 26.7 Å². The first-order valence-electron chi connectivity index (χ1n) is 7.62. The second-order valence-electron chi connectivity index (χ2n) is 6.07. The summed E-state index contributed by atoms with van der Waals surface area (Å²) in [6.07, 6.45) is 5.40. The van der Waals surface area contributed by atoms with E-state index in [9.17, 15) is 9.18 Å². The maximum atomic E-state index is 13.8. The average Bonchev–Trinajstić information content (AvgIpc) is 3.06. The Bertz CT molecular complexity index is 516. The zero-order valence-electron chi connectivity index (χ0n) is 12.7. The highest BCUT2D eigenvalue weighted by molar-refractivity contribution is 5.77. The Kier molecular flexibility index (Phi) is 4.63. The number of carbonyl (C=O) groups is 1. The predicted molar refractivity (Wildman–Crippen MR) is 77.7 cm³/mol. The Hall–Kier alpha value is -1.60. The van der Waals surface area contributed by atoms with Gasteiger partial charge in [0.15, 0.2) is 0 Å². The Morgan fingerprint density at radius 1 is 1.45 bits per heavy atom. The summed E-state index contributed by atoms with van der Waals surface area (Å²) in [5, 5.41) is 0. The van der Waals surface area contributed by atoms with Crippen LogP contribution in [-0.2, 0) is 16.1 Å². The Balaban J connectivity index is 1.62. The van der Waals surface area contributed by atoms with E-state index in [0.717, 1.165) is 5.56 Å². The number of esters is 1. The molecule has 0 radical (unpaired) electrons. The van der Waals surface area contributed by atoms with E-state index < -0.39 is 6.17 Å². The molecule has 3 atom stereocenters. The average molecular weight is 308 g/mol. The monoisotopic (exact) mass is 308 g/mol. The van der Waals surface area contributed by atoms with Crippen molar-refractivity contribution in [1.82, 2.24) is 19.8 Å². The molecule has 120 valence electrons. The second-order valence-corrected chi connectivity index (χ2v) is 6.07. The molecule has 7 heteroatoms. The fourth-order valence-electron chi connectivity index (χ4n) is 3.30. The molecule has 0 N–H and O–H groups in total. The normalized spacial score (nSPS) is 29.2. The van der Waals surface area contributed by atoms with Crippen molar-refractivity contribution in [3.05, 3.63) is 24.3 Å². The first-order chi connectivity index (χ1) is 10.6. The van der Waals surface area contributed by atoms with Crippen LogP contribution in [-0.4, -0.2) is 70.7 Å². The minimum atomic E-state index is -0.821. The number of aromatic nitrogens is 2. The lowest BCUT2D eigenvalue weighted by molar-refractivity contribution is -0.142. The van der Waals surface area contributed by atoms with Crippen LogP contribution >= 0.6 is 0 Å². The van der Waals surface area contributed by atoms with E-state index in [2.05, 4.69) is 14.9 Å². The fraction of sp³-hybridized carbons (Fsp3) is 0.667. The van der Waals surface area contributed by atoms with Crippen LogP contribution in [0.1, 0.15) is 18.4 Å². The third-order valence-corrected chi connectivity index (χ3v) is 4.42. The standard InChI is InChI=1S/C15H21FN4O2/c1-19(14-2-3-22-15(14)21)9-13-4-12(16)8-20(13)7-11-5-17-10-18-6-11/h5-6,10,12-14H,2-4,7-9H2,1H3/t12-,13-,14-/m0/s1. The molecule has 3 heterocycles. The van der Waals surface area contributed by atoms with Crippen molar-refractivity contribution in [1.29, 1.82) is 0 Å². The number of cyclic esters (lactones) is 1. The number of hydrogen-bond donors (Lipinski definition) is 0. The predicted octanol–water partition coefficient (Wildman–Crippen LogP) is 0.636. The molecule has 0 aliphatic carbocycles. The number of likely N-dealkylation sites (tertiary alicyclic amines) is 1. The molecule has 3 rings (SSSR count). The van der Waals surface area contributed by atoms with Gasteiger partial charge in [-0.05, 0) is 13.5 Å². The van der Waals surface area contributed by atoms with E-state index in [4.69, 9.17) is 4.74 Å². The second kappa shape index (κ2) is 6.66. The molecule has 1 aromatic heterocycles. The molecule has 0 bridgehead atoms. The molecule has 1 aromatic rings. The number of likely N-dealkylation sites (N-methyl/N-ethyl adjacent to an activating group) is 1. The van der Waals surface area contributed by atoms with Gasteiger partial charge >= 0.3 is 5.97 Å². The van der Waals surface area contributed by atoms with Gasteiger partial charge in [-0.3, -0.25) is 14.6 Å². The van der Waals surface area contributed by atoms with Crippen molar-refractivity contribution in [2.45, 2.75) is 37.6 Å². The molecular formula is C15H21FN4O2. The van der Waals surface area contributed by atoms with Gasteiger partial charge in [0.05, 0.1) is 6.61 Å². The number of nitrogens with zero attached hydrogens (tertiary/aromatic N) is 4. The maximum Gasteiger partial charge on any atom is 0.323 e. The summed E-state index contributed by atoms with van der Waals surface area (Å²) in [6, 6.07) is -0.103. The molecule has 2 aliphatic rings. The SMILES string of the molecule is CN(C[C@@H]1C[C@H](F)CN1Cc1cncnc1)[C@H]1CCOC1=O. The van der Waals surface area contributed by atoms with Gasteiger partial charge in [0.25, 0.3) is 0 Å². The highest BCUT2D eigenvalue weighted by atomic mass is 19.1. The highest BCUT2D eigenvalue weighted by Crippen LogP contribution is 2.24. The van der Waals surface area contributed by atoms with E-state index in [1.165, 1.54) is 6.33 Å². The Morgan fingerprint density at radius 3 is 2.91 bits per heavy atom. The van der Waals surface area contributed by atoms with Crippen LogP contribution in [0.25, 0.3) is 0 Å². The van der Waals surface area contributed by atoms with Crippen LogP contribution in [0.15, 0.2) is 18.7 Å². The Labute approximate surface area is 129 Å². The smallest absolute Gasteiger partial charge is 0.323 e. The van der Waals surface area contributed by atoms with Crippen LogP contribution in [0, 0.1) is 0 Å². The molecule has 0 amide bonds. The first-order valence-corrected chi connectivity index (χ1v) is 7.62. The molecular weight excluding hydrogens is 287 g/mol.